The molecule has 0 radical (unpaired) electrons. The summed E-state index contributed by atoms with van der Waals surface area (Å²) in [6.45, 7) is 10.5. The molecule has 4 heteroatoms. The highest BCUT2D eigenvalue weighted by molar-refractivity contribution is 5.85. The molecule has 0 aliphatic carbocycles. The SMILES string of the molecule is C=CCC[C@H](c1ccc(C)cc1)N1CCNCC1.Cl.Cl. The molecule has 1 atom stereocenters. The lowest BCUT2D eigenvalue weighted by Crippen LogP contribution is -2.45. The number of piperazine rings is 1. The zero-order chi connectivity index (χ0) is 12.8. The molecule has 1 aliphatic rings. The summed E-state index contributed by atoms with van der Waals surface area (Å²) in [6.07, 6.45) is 4.29. The van der Waals surface area contributed by atoms with Crippen molar-refractivity contribution in [1.29, 1.82) is 0 Å². The topological polar surface area (TPSA) is 15.3 Å². The predicted octanol–water partition coefficient (Wildman–Crippen LogP) is 3.75. The van der Waals surface area contributed by atoms with E-state index in [2.05, 4.69) is 48.0 Å². The minimum Gasteiger partial charge on any atom is -0.314 e. The second-order valence-corrected chi connectivity index (χ2v) is 5.08. The fraction of sp³-hybridized carbons (Fsp3) is 0.500. The maximum atomic E-state index is 3.85. The van der Waals surface area contributed by atoms with Crippen LogP contribution in [0.3, 0.4) is 0 Å². The summed E-state index contributed by atoms with van der Waals surface area (Å²) < 4.78 is 0. The van der Waals surface area contributed by atoms with Crippen molar-refractivity contribution in [2.45, 2.75) is 25.8 Å². The first-order valence-electron chi connectivity index (χ1n) is 6.93. The van der Waals surface area contributed by atoms with Crippen molar-refractivity contribution in [2.24, 2.45) is 0 Å². The predicted molar refractivity (Wildman–Crippen MR) is 92.3 cm³/mol. The van der Waals surface area contributed by atoms with Crippen LogP contribution in [0.2, 0.25) is 0 Å². The lowest BCUT2D eigenvalue weighted by Gasteiger charge is -2.35. The average Bonchev–Trinajstić information content (AvgIpc) is 2.42. The first-order valence-corrected chi connectivity index (χ1v) is 6.93. The van der Waals surface area contributed by atoms with Crippen molar-refractivity contribution in [3.63, 3.8) is 0 Å². The summed E-state index contributed by atoms with van der Waals surface area (Å²) in [7, 11) is 0. The molecule has 0 bridgehead atoms. The summed E-state index contributed by atoms with van der Waals surface area (Å²) in [5.41, 5.74) is 2.78. The molecule has 1 heterocycles. The van der Waals surface area contributed by atoms with Crippen LogP contribution < -0.4 is 5.32 Å². The highest BCUT2D eigenvalue weighted by atomic mass is 35.5. The van der Waals surface area contributed by atoms with Crippen LogP contribution in [0.15, 0.2) is 36.9 Å². The number of aryl methyl sites for hydroxylation is 1. The second-order valence-electron chi connectivity index (χ2n) is 5.08. The van der Waals surface area contributed by atoms with Gasteiger partial charge in [0.05, 0.1) is 0 Å². The number of nitrogens with one attached hydrogen (secondary N) is 1. The molecule has 0 unspecified atom stereocenters. The molecule has 1 aromatic rings. The molecule has 0 saturated carbocycles. The van der Waals surface area contributed by atoms with E-state index < -0.39 is 0 Å². The second kappa shape index (κ2) is 10.2. The molecular weight excluding hydrogens is 291 g/mol. The Morgan fingerprint density at radius 3 is 2.35 bits per heavy atom. The van der Waals surface area contributed by atoms with E-state index in [9.17, 15) is 0 Å². The Morgan fingerprint density at radius 2 is 1.80 bits per heavy atom. The molecule has 20 heavy (non-hydrogen) atoms. The molecule has 1 aromatic carbocycles. The Hall–Kier alpha value is -0.540. The third-order valence-corrected chi connectivity index (χ3v) is 3.70. The number of hydrogen-bond donors (Lipinski definition) is 1. The Balaban J connectivity index is 0.00000180. The van der Waals surface area contributed by atoms with E-state index in [1.165, 1.54) is 17.5 Å². The van der Waals surface area contributed by atoms with Gasteiger partial charge in [0.1, 0.15) is 0 Å². The minimum absolute atomic E-state index is 0. The zero-order valence-electron chi connectivity index (χ0n) is 12.2. The Kier molecular flexibility index (Phi) is 9.95. The number of hydrogen-bond acceptors (Lipinski definition) is 2. The number of benzene rings is 1. The van der Waals surface area contributed by atoms with Crippen LogP contribution in [0.1, 0.15) is 30.0 Å². The van der Waals surface area contributed by atoms with Gasteiger partial charge in [0, 0.05) is 32.2 Å². The van der Waals surface area contributed by atoms with Gasteiger partial charge in [-0.05, 0) is 25.3 Å². The van der Waals surface area contributed by atoms with Crippen molar-refractivity contribution in [2.75, 3.05) is 26.2 Å². The molecule has 1 N–H and O–H groups in total. The van der Waals surface area contributed by atoms with Gasteiger partial charge in [-0.2, -0.15) is 0 Å². The van der Waals surface area contributed by atoms with E-state index in [0.29, 0.717) is 6.04 Å². The molecule has 1 aliphatic heterocycles. The first kappa shape index (κ1) is 19.5. The number of allylic oxidation sites excluding steroid dienone is 1. The fourth-order valence-electron chi connectivity index (χ4n) is 2.62. The lowest BCUT2D eigenvalue weighted by atomic mass is 9.98. The normalized spacial score (nSPS) is 16.6. The molecular formula is C16H26Cl2N2. The van der Waals surface area contributed by atoms with Crippen molar-refractivity contribution in [3.8, 4) is 0 Å². The highest BCUT2D eigenvalue weighted by Crippen LogP contribution is 2.26. The van der Waals surface area contributed by atoms with E-state index in [1.54, 1.807) is 0 Å². The molecule has 0 amide bonds. The van der Waals surface area contributed by atoms with Crippen LogP contribution in [-0.4, -0.2) is 31.1 Å². The summed E-state index contributed by atoms with van der Waals surface area (Å²) in [4.78, 5) is 2.60. The fourth-order valence-corrected chi connectivity index (χ4v) is 2.62. The molecule has 1 saturated heterocycles. The Morgan fingerprint density at radius 1 is 1.20 bits per heavy atom. The van der Waals surface area contributed by atoms with Crippen LogP contribution in [0.4, 0.5) is 0 Å². The van der Waals surface area contributed by atoms with Gasteiger partial charge in [-0.25, -0.2) is 0 Å². The van der Waals surface area contributed by atoms with Crippen molar-refractivity contribution in [1.82, 2.24) is 10.2 Å². The van der Waals surface area contributed by atoms with Crippen LogP contribution >= 0.6 is 24.8 Å². The van der Waals surface area contributed by atoms with Gasteiger partial charge in [-0.3, -0.25) is 4.90 Å². The maximum Gasteiger partial charge on any atom is 0.0352 e. The third-order valence-electron chi connectivity index (χ3n) is 3.70. The molecule has 0 aromatic heterocycles. The van der Waals surface area contributed by atoms with E-state index in [4.69, 9.17) is 0 Å². The summed E-state index contributed by atoms with van der Waals surface area (Å²) >= 11 is 0. The summed E-state index contributed by atoms with van der Waals surface area (Å²) in [5, 5.41) is 3.42. The molecule has 2 nitrogen and oxygen atoms in total. The standard InChI is InChI=1S/C16H24N2.2ClH/c1-3-4-5-16(18-12-10-17-11-13-18)15-8-6-14(2)7-9-15;;/h3,6-9,16-17H,1,4-5,10-13H2,2H3;2*1H/t16-;;/m1../s1. The minimum atomic E-state index is 0. The van der Waals surface area contributed by atoms with Crippen LogP contribution in [0, 0.1) is 6.92 Å². The monoisotopic (exact) mass is 316 g/mol. The van der Waals surface area contributed by atoms with E-state index in [-0.39, 0.29) is 24.8 Å². The molecule has 114 valence electrons. The van der Waals surface area contributed by atoms with Gasteiger partial charge in [0.2, 0.25) is 0 Å². The van der Waals surface area contributed by atoms with Gasteiger partial charge in [0.25, 0.3) is 0 Å². The first-order chi connectivity index (χ1) is 8.81. The third kappa shape index (κ3) is 5.45. The zero-order valence-corrected chi connectivity index (χ0v) is 13.8. The van der Waals surface area contributed by atoms with E-state index in [1.807, 2.05) is 6.08 Å². The highest BCUT2D eigenvalue weighted by Gasteiger charge is 2.21. The largest absolute Gasteiger partial charge is 0.314 e. The van der Waals surface area contributed by atoms with Gasteiger partial charge in [-0.15, -0.1) is 31.4 Å². The number of rotatable bonds is 5. The van der Waals surface area contributed by atoms with Crippen molar-refractivity contribution < 1.29 is 0 Å². The molecule has 2 rings (SSSR count). The van der Waals surface area contributed by atoms with Crippen molar-refractivity contribution >= 4 is 24.8 Å². The maximum absolute atomic E-state index is 3.85. The smallest absolute Gasteiger partial charge is 0.0352 e. The van der Waals surface area contributed by atoms with E-state index >= 15 is 0 Å². The van der Waals surface area contributed by atoms with Crippen molar-refractivity contribution in [3.05, 3.63) is 48.0 Å². The Labute approximate surface area is 135 Å². The molecule has 0 spiro atoms. The van der Waals surface area contributed by atoms with E-state index in [0.717, 1.165) is 32.6 Å². The van der Waals surface area contributed by atoms with Crippen LogP contribution in [0.25, 0.3) is 0 Å². The average molecular weight is 317 g/mol. The summed E-state index contributed by atoms with van der Waals surface area (Å²) in [5.74, 6) is 0. The number of nitrogens with zero attached hydrogens (tertiary/aromatic N) is 1. The van der Waals surface area contributed by atoms with Gasteiger partial charge < -0.3 is 5.32 Å². The quantitative estimate of drug-likeness (QED) is 0.832. The van der Waals surface area contributed by atoms with Gasteiger partial charge in [0.15, 0.2) is 0 Å². The van der Waals surface area contributed by atoms with Gasteiger partial charge >= 0.3 is 0 Å². The van der Waals surface area contributed by atoms with Crippen LogP contribution in [-0.2, 0) is 0 Å². The number of halogens is 2. The van der Waals surface area contributed by atoms with Gasteiger partial charge in [-0.1, -0.05) is 35.9 Å². The molecule has 1 fully saturated rings. The lowest BCUT2D eigenvalue weighted by molar-refractivity contribution is 0.166. The van der Waals surface area contributed by atoms with Crippen LogP contribution in [0.5, 0.6) is 0 Å². The summed E-state index contributed by atoms with van der Waals surface area (Å²) in [6, 6.07) is 9.55. The Bertz CT molecular complexity index is 373.